The first-order chi connectivity index (χ1) is 14.0. The first kappa shape index (κ1) is 20.2. The van der Waals surface area contributed by atoms with Gasteiger partial charge in [-0.1, -0.05) is 12.8 Å². The molecule has 1 saturated carbocycles. The average Bonchev–Trinajstić information content (AvgIpc) is 3.55. The Morgan fingerprint density at radius 2 is 1.55 bits per heavy atom. The van der Waals surface area contributed by atoms with Crippen LogP contribution in [0.15, 0.2) is 12.1 Å². The normalized spacial score (nSPS) is 21.6. The lowest BCUT2D eigenvalue weighted by molar-refractivity contribution is -0.139. The van der Waals surface area contributed by atoms with Gasteiger partial charge in [-0.25, -0.2) is 0 Å². The minimum atomic E-state index is 0.0712. The van der Waals surface area contributed by atoms with Crippen LogP contribution in [-0.2, 0) is 9.59 Å². The highest BCUT2D eigenvalue weighted by molar-refractivity contribution is 5.92. The van der Waals surface area contributed by atoms with E-state index in [2.05, 4.69) is 29.4 Å². The highest BCUT2D eigenvalue weighted by Crippen LogP contribution is 2.38. The summed E-state index contributed by atoms with van der Waals surface area (Å²) < 4.78 is 2.41. The molecule has 5 nitrogen and oxygen atoms in total. The summed E-state index contributed by atoms with van der Waals surface area (Å²) in [6.07, 6.45) is 12.6. The molecule has 2 aliphatic heterocycles. The Morgan fingerprint density at radius 1 is 0.897 bits per heavy atom. The Morgan fingerprint density at radius 3 is 2.17 bits per heavy atom. The molecule has 3 aliphatic rings. The smallest absolute Gasteiger partial charge is 0.246 e. The monoisotopic (exact) mass is 397 g/mol. The predicted molar refractivity (Wildman–Crippen MR) is 116 cm³/mol. The molecule has 2 amide bonds. The Balaban J connectivity index is 1.30. The van der Waals surface area contributed by atoms with Gasteiger partial charge in [0.15, 0.2) is 0 Å². The van der Waals surface area contributed by atoms with Crippen molar-refractivity contribution in [1.29, 1.82) is 0 Å². The molecule has 0 radical (unpaired) electrons. The molecule has 1 aromatic rings. The number of aromatic nitrogens is 1. The van der Waals surface area contributed by atoms with Gasteiger partial charge in [-0.3, -0.25) is 9.59 Å². The van der Waals surface area contributed by atoms with E-state index in [1.165, 1.54) is 37.1 Å². The second-order valence-electron chi connectivity index (χ2n) is 9.10. The molecular weight excluding hydrogens is 362 g/mol. The second kappa shape index (κ2) is 8.76. The van der Waals surface area contributed by atoms with Crippen molar-refractivity contribution in [3.8, 4) is 0 Å². The number of piperidine rings is 1. The quantitative estimate of drug-likeness (QED) is 0.718. The fourth-order valence-electron chi connectivity index (χ4n) is 5.03. The molecule has 1 aromatic heterocycles. The molecule has 29 heavy (non-hydrogen) atoms. The molecule has 5 heteroatoms. The molecule has 0 unspecified atom stereocenters. The third-order valence-electron chi connectivity index (χ3n) is 6.91. The van der Waals surface area contributed by atoms with Crippen LogP contribution >= 0.6 is 0 Å². The van der Waals surface area contributed by atoms with E-state index < -0.39 is 0 Å². The van der Waals surface area contributed by atoms with Crippen LogP contribution in [0.5, 0.6) is 0 Å². The van der Waals surface area contributed by atoms with E-state index >= 15 is 0 Å². The van der Waals surface area contributed by atoms with Crippen molar-refractivity contribution in [3.05, 3.63) is 29.1 Å². The van der Waals surface area contributed by atoms with Gasteiger partial charge >= 0.3 is 0 Å². The zero-order valence-electron chi connectivity index (χ0n) is 18.0. The fraction of sp³-hybridized carbons (Fsp3) is 0.667. The third-order valence-corrected chi connectivity index (χ3v) is 6.91. The Hall–Kier alpha value is -2.04. The van der Waals surface area contributed by atoms with Crippen LogP contribution in [0.1, 0.15) is 74.4 Å². The number of carbonyl (C=O) groups is 2. The van der Waals surface area contributed by atoms with Crippen molar-refractivity contribution in [2.24, 2.45) is 5.92 Å². The lowest BCUT2D eigenvalue weighted by Crippen LogP contribution is -2.44. The van der Waals surface area contributed by atoms with E-state index in [4.69, 9.17) is 0 Å². The van der Waals surface area contributed by atoms with Gasteiger partial charge in [-0.2, -0.15) is 0 Å². The van der Waals surface area contributed by atoms with E-state index in [9.17, 15) is 9.59 Å². The first-order valence-corrected chi connectivity index (χ1v) is 11.5. The highest BCUT2D eigenvalue weighted by Gasteiger charge is 2.30. The lowest BCUT2D eigenvalue weighted by Gasteiger charge is -2.33. The van der Waals surface area contributed by atoms with E-state index in [1.807, 2.05) is 11.0 Å². The third kappa shape index (κ3) is 4.59. The molecule has 158 valence electrons. The van der Waals surface area contributed by atoms with Crippen LogP contribution in [0.2, 0.25) is 0 Å². The van der Waals surface area contributed by atoms with Gasteiger partial charge in [-0.05, 0) is 70.1 Å². The SMILES string of the molecule is Cc1cc(C=CC(=O)N2CCC(C(=O)N3CCCCCC3)CC2)c(C)n1C1CC1. The summed E-state index contributed by atoms with van der Waals surface area (Å²) in [5, 5.41) is 0. The molecule has 3 fully saturated rings. The van der Waals surface area contributed by atoms with E-state index in [1.54, 1.807) is 6.08 Å². The highest BCUT2D eigenvalue weighted by atomic mass is 16.2. The van der Waals surface area contributed by atoms with Gasteiger partial charge in [0.1, 0.15) is 0 Å². The van der Waals surface area contributed by atoms with Crippen LogP contribution in [0.25, 0.3) is 6.08 Å². The minimum absolute atomic E-state index is 0.0712. The van der Waals surface area contributed by atoms with E-state index in [0.717, 1.165) is 44.3 Å². The predicted octanol–water partition coefficient (Wildman–Crippen LogP) is 4.09. The van der Waals surface area contributed by atoms with Gasteiger partial charge in [0.05, 0.1) is 0 Å². The number of amides is 2. The summed E-state index contributed by atoms with van der Waals surface area (Å²) >= 11 is 0. The molecule has 0 bridgehead atoms. The van der Waals surface area contributed by atoms with Crippen molar-refractivity contribution in [1.82, 2.24) is 14.4 Å². The molecule has 1 aliphatic carbocycles. The van der Waals surface area contributed by atoms with Crippen LogP contribution < -0.4 is 0 Å². The summed E-state index contributed by atoms with van der Waals surface area (Å²) in [5.74, 6) is 0.488. The largest absolute Gasteiger partial charge is 0.346 e. The summed E-state index contributed by atoms with van der Waals surface area (Å²) in [7, 11) is 0. The maximum Gasteiger partial charge on any atom is 0.246 e. The number of carbonyl (C=O) groups excluding carboxylic acids is 2. The fourth-order valence-corrected chi connectivity index (χ4v) is 5.03. The number of nitrogens with zero attached hydrogens (tertiary/aromatic N) is 3. The number of rotatable bonds is 4. The van der Waals surface area contributed by atoms with Crippen molar-refractivity contribution in [3.63, 3.8) is 0 Å². The van der Waals surface area contributed by atoms with Crippen molar-refractivity contribution < 1.29 is 9.59 Å². The molecule has 0 N–H and O–H groups in total. The van der Waals surface area contributed by atoms with Gasteiger partial charge in [0.25, 0.3) is 0 Å². The van der Waals surface area contributed by atoms with Gasteiger partial charge < -0.3 is 14.4 Å². The van der Waals surface area contributed by atoms with E-state index in [0.29, 0.717) is 25.0 Å². The number of aryl methyl sites for hydroxylation is 1. The Bertz CT molecular complexity index is 774. The standard InChI is InChI=1S/C24H35N3O2/c1-18-17-21(19(2)27(18)22-8-9-22)7-10-23(28)25-15-11-20(12-16-25)24(29)26-13-5-3-4-6-14-26/h7,10,17,20,22H,3-6,8-9,11-16H2,1-2H3. The summed E-state index contributed by atoms with van der Waals surface area (Å²) in [5.41, 5.74) is 3.69. The van der Waals surface area contributed by atoms with Crippen LogP contribution in [-0.4, -0.2) is 52.4 Å². The Kier molecular flexibility index (Phi) is 6.12. The minimum Gasteiger partial charge on any atom is -0.346 e. The molecule has 3 heterocycles. The molecule has 0 atom stereocenters. The van der Waals surface area contributed by atoms with Crippen LogP contribution in [0, 0.1) is 19.8 Å². The first-order valence-electron chi connectivity index (χ1n) is 11.5. The number of hydrogen-bond donors (Lipinski definition) is 0. The lowest BCUT2D eigenvalue weighted by atomic mass is 9.95. The summed E-state index contributed by atoms with van der Waals surface area (Å²) in [6.45, 7) is 7.51. The summed E-state index contributed by atoms with van der Waals surface area (Å²) in [6, 6.07) is 2.84. The van der Waals surface area contributed by atoms with Crippen LogP contribution in [0.3, 0.4) is 0 Å². The van der Waals surface area contributed by atoms with Crippen molar-refractivity contribution in [2.75, 3.05) is 26.2 Å². The van der Waals surface area contributed by atoms with Gasteiger partial charge in [0.2, 0.25) is 11.8 Å². The number of hydrogen-bond acceptors (Lipinski definition) is 2. The van der Waals surface area contributed by atoms with E-state index in [-0.39, 0.29) is 11.8 Å². The van der Waals surface area contributed by atoms with Gasteiger partial charge in [0, 0.05) is 55.6 Å². The molecule has 2 saturated heterocycles. The zero-order valence-corrected chi connectivity index (χ0v) is 18.0. The second-order valence-corrected chi connectivity index (χ2v) is 9.10. The maximum absolute atomic E-state index is 12.8. The van der Waals surface area contributed by atoms with Crippen LogP contribution in [0.4, 0.5) is 0 Å². The van der Waals surface area contributed by atoms with Crippen molar-refractivity contribution >= 4 is 17.9 Å². The molecule has 0 aromatic carbocycles. The van der Waals surface area contributed by atoms with Crippen molar-refractivity contribution in [2.45, 2.75) is 71.3 Å². The zero-order chi connectivity index (χ0) is 20.4. The van der Waals surface area contributed by atoms with Gasteiger partial charge in [-0.15, -0.1) is 0 Å². The average molecular weight is 398 g/mol. The topological polar surface area (TPSA) is 45.6 Å². The maximum atomic E-state index is 12.8. The number of likely N-dealkylation sites (tertiary alicyclic amines) is 2. The summed E-state index contributed by atoms with van der Waals surface area (Å²) in [4.78, 5) is 29.5. The molecule has 0 spiro atoms. The molecule has 4 rings (SSSR count). The Labute approximate surface area is 174 Å². The molecular formula is C24H35N3O2.